The molecule has 3 aromatic rings. The standard InChI is InChI=1S/C21H21N3O4S/c1-14(21(25)23-17-13-16(24(26)27)10-11-18(17)28-2)22-20(19-9-6-12-29-19)15-7-4-3-5-8-15/h3-14,20,22H,1-2H3,(H,23,25)/t14-,20+/m0/s1. The number of anilines is 1. The molecule has 2 aromatic carbocycles. The summed E-state index contributed by atoms with van der Waals surface area (Å²) in [5.74, 6) is 0.0373. The molecule has 0 spiro atoms. The van der Waals surface area contributed by atoms with Crippen LogP contribution in [0.25, 0.3) is 0 Å². The third-order valence-corrected chi connectivity index (χ3v) is 5.36. The molecule has 0 unspecified atom stereocenters. The number of carbonyl (C=O) groups is 1. The molecule has 0 saturated carbocycles. The van der Waals surface area contributed by atoms with Gasteiger partial charge in [-0.2, -0.15) is 0 Å². The molecule has 150 valence electrons. The molecule has 2 atom stereocenters. The van der Waals surface area contributed by atoms with Crippen LogP contribution in [-0.2, 0) is 4.79 Å². The average molecular weight is 411 g/mol. The first-order valence-corrected chi connectivity index (χ1v) is 9.85. The smallest absolute Gasteiger partial charge is 0.271 e. The van der Waals surface area contributed by atoms with E-state index in [0.29, 0.717) is 5.75 Å². The molecule has 8 heteroatoms. The van der Waals surface area contributed by atoms with Crippen LogP contribution in [0.5, 0.6) is 5.75 Å². The lowest BCUT2D eigenvalue weighted by atomic mass is 10.0. The number of rotatable bonds is 8. The van der Waals surface area contributed by atoms with E-state index >= 15 is 0 Å². The second kappa shape index (κ2) is 9.31. The minimum absolute atomic E-state index is 0.123. The van der Waals surface area contributed by atoms with Gasteiger partial charge >= 0.3 is 0 Å². The van der Waals surface area contributed by atoms with Gasteiger partial charge in [-0.25, -0.2) is 0 Å². The lowest BCUT2D eigenvalue weighted by Gasteiger charge is -2.23. The van der Waals surface area contributed by atoms with Gasteiger partial charge in [0.05, 0.1) is 29.8 Å². The number of nitrogens with one attached hydrogen (secondary N) is 2. The fourth-order valence-corrected chi connectivity index (χ4v) is 3.73. The number of carbonyl (C=O) groups excluding carboxylic acids is 1. The normalized spacial score (nSPS) is 12.8. The quantitative estimate of drug-likeness (QED) is 0.424. The van der Waals surface area contributed by atoms with E-state index in [1.807, 2.05) is 47.8 Å². The number of thiophene rings is 1. The van der Waals surface area contributed by atoms with E-state index in [9.17, 15) is 14.9 Å². The van der Waals surface area contributed by atoms with Gasteiger partial charge in [-0.1, -0.05) is 36.4 Å². The van der Waals surface area contributed by atoms with Gasteiger partial charge < -0.3 is 10.1 Å². The number of hydrogen-bond acceptors (Lipinski definition) is 6. The van der Waals surface area contributed by atoms with E-state index in [2.05, 4.69) is 10.6 Å². The largest absolute Gasteiger partial charge is 0.495 e. The van der Waals surface area contributed by atoms with Crippen molar-refractivity contribution in [2.24, 2.45) is 0 Å². The van der Waals surface area contributed by atoms with Gasteiger partial charge in [-0.3, -0.25) is 20.2 Å². The maximum absolute atomic E-state index is 12.8. The fraction of sp³-hybridized carbons (Fsp3) is 0.190. The Morgan fingerprint density at radius 1 is 1.14 bits per heavy atom. The van der Waals surface area contributed by atoms with Crippen LogP contribution in [0, 0.1) is 10.1 Å². The molecule has 3 rings (SSSR count). The molecule has 0 bridgehead atoms. The van der Waals surface area contributed by atoms with Gasteiger partial charge in [0.1, 0.15) is 5.75 Å². The Kier molecular flexibility index (Phi) is 6.58. The lowest BCUT2D eigenvalue weighted by molar-refractivity contribution is -0.384. The first-order valence-electron chi connectivity index (χ1n) is 8.97. The van der Waals surface area contributed by atoms with Gasteiger partial charge in [-0.15, -0.1) is 11.3 Å². The topological polar surface area (TPSA) is 93.5 Å². The van der Waals surface area contributed by atoms with E-state index < -0.39 is 11.0 Å². The molecule has 1 amide bonds. The van der Waals surface area contributed by atoms with Crippen LogP contribution in [0.15, 0.2) is 66.0 Å². The van der Waals surface area contributed by atoms with E-state index in [0.717, 1.165) is 10.4 Å². The molecule has 0 aliphatic rings. The second-order valence-corrected chi connectivity index (χ2v) is 7.36. The number of benzene rings is 2. The molecule has 0 aliphatic carbocycles. The molecule has 0 saturated heterocycles. The van der Waals surface area contributed by atoms with Crippen molar-refractivity contribution in [1.82, 2.24) is 5.32 Å². The molecule has 2 N–H and O–H groups in total. The highest BCUT2D eigenvalue weighted by molar-refractivity contribution is 7.10. The molecular weight excluding hydrogens is 390 g/mol. The maximum Gasteiger partial charge on any atom is 0.271 e. The summed E-state index contributed by atoms with van der Waals surface area (Å²) in [5.41, 5.74) is 1.18. The predicted octanol–water partition coefficient (Wildman–Crippen LogP) is 4.37. The fourth-order valence-electron chi connectivity index (χ4n) is 2.92. The van der Waals surface area contributed by atoms with Crippen LogP contribution in [0.1, 0.15) is 23.4 Å². The Labute approximate surface area is 172 Å². The van der Waals surface area contributed by atoms with Crippen molar-refractivity contribution in [3.63, 3.8) is 0 Å². The predicted molar refractivity (Wildman–Crippen MR) is 113 cm³/mol. The third kappa shape index (κ3) is 4.98. The number of nitro benzene ring substituents is 1. The molecule has 29 heavy (non-hydrogen) atoms. The first-order chi connectivity index (χ1) is 14.0. The van der Waals surface area contributed by atoms with E-state index in [-0.39, 0.29) is 23.3 Å². The Morgan fingerprint density at radius 2 is 1.90 bits per heavy atom. The second-order valence-electron chi connectivity index (χ2n) is 6.38. The van der Waals surface area contributed by atoms with Crippen molar-refractivity contribution in [3.8, 4) is 5.75 Å². The van der Waals surface area contributed by atoms with E-state index in [1.165, 1.54) is 25.3 Å². The summed E-state index contributed by atoms with van der Waals surface area (Å²) in [6.45, 7) is 1.75. The number of nitrogens with zero attached hydrogens (tertiary/aromatic N) is 1. The van der Waals surface area contributed by atoms with Crippen LogP contribution in [0.3, 0.4) is 0 Å². The highest BCUT2D eigenvalue weighted by Gasteiger charge is 2.23. The van der Waals surface area contributed by atoms with Gasteiger partial charge in [0.2, 0.25) is 5.91 Å². The summed E-state index contributed by atoms with van der Waals surface area (Å²) < 4.78 is 5.21. The Morgan fingerprint density at radius 3 is 2.52 bits per heavy atom. The van der Waals surface area contributed by atoms with Crippen molar-refractivity contribution in [2.45, 2.75) is 19.0 Å². The Balaban J connectivity index is 1.79. The van der Waals surface area contributed by atoms with Gasteiger partial charge in [0.15, 0.2) is 0 Å². The highest BCUT2D eigenvalue weighted by Crippen LogP contribution is 2.30. The number of ether oxygens (including phenoxy) is 1. The first kappa shape index (κ1) is 20.5. The summed E-state index contributed by atoms with van der Waals surface area (Å²) in [4.78, 5) is 24.4. The minimum Gasteiger partial charge on any atom is -0.495 e. The van der Waals surface area contributed by atoms with Crippen molar-refractivity contribution in [1.29, 1.82) is 0 Å². The highest BCUT2D eigenvalue weighted by atomic mass is 32.1. The summed E-state index contributed by atoms with van der Waals surface area (Å²) in [7, 11) is 1.45. The molecule has 0 fully saturated rings. The summed E-state index contributed by atoms with van der Waals surface area (Å²) in [6, 6.07) is 17.2. The number of nitro groups is 1. The van der Waals surface area contributed by atoms with Gasteiger partial charge in [0.25, 0.3) is 5.69 Å². The monoisotopic (exact) mass is 411 g/mol. The van der Waals surface area contributed by atoms with E-state index in [4.69, 9.17) is 4.74 Å². The lowest BCUT2D eigenvalue weighted by Crippen LogP contribution is -2.40. The molecule has 1 aromatic heterocycles. The van der Waals surface area contributed by atoms with E-state index in [1.54, 1.807) is 18.3 Å². The van der Waals surface area contributed by atoms with Crippen LogP contribution < -0.4 is 15.4 Å². The zero-order valence-corrected chi connectivity index (χ0v) is 16.8. The molecular formula is C21H21N3O4S. The number of non-ortho nitro benzene ring substituents is 1. The average Bonchev–Trinajstić information content (AvgIpc) is 3.26. The maximum atomic E-state index is 12.8. The summed E-state index contributed by atoms with van der Waals surface area (Å²) >= 11 is 1.61. The van der Waals surface area contributed by atoms with Gasteiger partial charge in [0, 0.05) is 17.0 Å². The van der Waals surface area contributed by atoms with Crippen molar-refractivity contribution >= 4 is 28.6 Å². The van der Waals surface area contributed by atoms with Crippen LogP contribution in [0.4, 0.5) is 11.4 Å². The van der Waals surface area contributed by atoms with Crippen LogP contribution in [0.2, 0.25) is 0 Å². The third-order valence-electron chi connectivity index (χ3n) is 4.42. The van der Waals surface area contributed by atoms with Crippen LogP contribution >= 0.6 is 11.3 Å². The number of amides is 1. The van der Waals surface area contributed by atoms with Gasteiger partial charge in [-0.05, 0) is 30.0 Å². The number of methoxy groups -OCH3 is 1. The van der Waals surface area contributed by atoms with Crippen molar-refractivity contribution in [3.05, 3.63) is 86.6 Å². The zero-order chi connectivity index (χ0) is 20.8. The molecule has 0 aliphatic heterocycles. The van der Waals surface area contributed by atoms with Crippen molar-refractivity contribution < 1.29 is 14.5 Å². The van der Waals surface area contributed by atoms with Crippen molar-refractivity contribution in [2.75, 3.05) is 12.4 Å². The minimum atomic E-state index is -0.564. The Hall–Kier alpha value is -3.23. The Bertz CT molecular complexity index is 977. The number of hydrogen-bond donors (Lipinski definition) is 2. The molecule has 0 radical (unpaired) electrons. The molecule has 7 nitrogen and oxygen atoms in total. The zero-order valence-electron chi connectivity index (χ0n) is 16.0. The SMILES string of the molecule is COc1ccc([N+](=O)[O-])cc1NC(=O)[C@H](C)N[C@H](c1ccccc1)c1cccs1. The summed E-state index contributed by atoms with van der Waals surface area (Å²) in [5, 5.41) is 19.1. The summed E-state index contributed by atoms with van der Waals surface area (Å²) in [6.07, 6.45) is 0. The molecule has 1 heterocycles. The van der Waals surface area contributed by atoms with Crippen LogP contribution in [-0.4, -0.2) is 24.0 Å².